The van der Waals surface area contributed by atoms with Crippen LogP contribution in [-0.4, -0.2) is 23.3 Å². The topological polar surface area (TPSA) is 66.7 Å². The van der Waals surface area contributed by atoms with E-state index in [9.17, 15) is 0 Å². The molecular weight excluding hydrogens is 152 g/mol. The van der Waals surface area contributed by atoms with Crippen LogP contribution in [0.4, 0.5) is 5.82 Å². The fraction of sp³-hybridized carbons (Fsp3) is 0.625. The second-order valence-corrected chi connectivity index (χ2v) is 3.29. The predicted octanol–water partition coefficient (Wildman–Crippen LogP) is 0.459. The highest BCUT2D eigenvalue weighted by atomic mass is 15.2. The first-order valence-electron chi connectivity index (χ1n) is 4.38. The number of hydrogen-bond acceptors (Lipinski definition) is 3. The number of piperidine rings is 1. The number of nitrogens with zero attached hydrogens (tertiary/aromatic N) is 1. The van der Waals surface area contributed by atoms with E-state index in [1.807, 2.05) is 6.07 Å². The maximum Gasteiger partial charge on any atom is 0.145 e. The minimum Gasteiger partial charge on any atom is -0.382 e. The average Bonchev–Trinajstić information content (AvgIpc) is 2.54. The SMILES string of the molecule is Nc1cc(C2CCCNC2)[nH]n1. The molecule has 1 unspecified atom stereocenters. The molecule has 1 aliphatic rings. The first-order chi connectivity index (χ1) is 5.86. The van der Waals surface area contributed by atoms with Crippen molar-refractivity contribution in [2.45, 2.75) is 18.8 Å². The fourth-order valence-electron chi connectivity index (χ4n) is 1.68. The largest absolute Gasteiger partial charge is 0.382 e. The Kier molecular flexibility index (Phi) is 1.99. The fourth-order valence-corrected chi connectivity index (χ4v) is 1.68. The van der Waals surface area contributed by atoms with Crippen LogP contribution in [-0.2, 0) is 0 Å². The first-order valence-corrected chi connectivity index (χ1v) is 4.38. The number of aromatic nitrogens is 2. The van der Waals surface area contributed by atoms with Crippen molar-refractivity contribution in [1.82, 2.24) is 15.5 Å². The van der Waals surface area contributed by atoms with Crippen molar-refractivity contribution in [3.8, 4) is 0 Å². The molecular formula is C8H14N4. The van der Waals surface area contributed by atoms with Gasteiger partial charge in [0.15, 0.2) is 0 Å². The molecule has 2 heterocycles. The average molecular weight is 166 g/mol. The normalized spacial score (nSPS) is 24.2. The van der Waals surface area contributed by atoms with Gasteiger partial charge in [-0.15, -0.1) is 0 Å². The van der Waals surface area contributed by atoms with Gasteiger partial charge in [-0.25, -0.2) is 0 Å². The van der Waals surface area contributed by atoms with Crippen LogP contribution in [0.25, 0.3) is 0 Å². The highest BCUT2D eigenvalue weighted by Crippen LogP contribution is 2.21. The highest BCUT2D eigenvalue weighted by Gasteiger charge is 2.16. The van der Waals surface area contributed by atoms with E-state index in [4.69, 9.17) is 5.73 Å². The summed E-state index contributed by atoms with van der Waals surface area (Å²) < 4.78 is 0. The van der Waals surface area contributed by atoms with E-state index in [0.717, 1.165) is 13.1 Å². The lowest BCUT2D eigenvalue weighted by atomic mass is 9.96. The minimum atomic E-state index is 0.573. The van der Waals surface area contributed by atoms with Gasteiger partial charge in [0.1, 0.15) is 5.82 Å². The summed E-state index contributed by atoms with van der Waals surface area (Å²) in [7, 11) is 0. The lowest BCUT2D eigenvalue weighted by molar-refractivity contribution is 0.454. The van der Waals surface area contributed by atoms with Crippen molar-refractivity contribution < 1.29 is 0 Å². The van der Waals surface area contributed by atoms with Crippen LogP contribution in [0, 0.1) is 0 Å². The molecule has 12 heavy (non-hydrogen) atoms. The highest BCUT2D eigenvalue weighted by molar-refractivity contribution is 5.30. The summed E-state index contributed by atoms with van der Waals surface area (Å²) in [5.41, 5.74) is 6.69. The molecule has 2 rings (SSSR count). The monoisotopic (exact) mass is 166 g/mol. The first kappa shape index (κ1) is 7.61. The molecule has 0 aromatic carbocycles. The summed E-state index contributed by atoms with van der Waals surface area (Å²) in [5.74, 6) is 1.17. The number of H-pyrrole nitrogens is 1. The molecule has 0 radical (unpaired) electrons. The van der Waals surface area contributed by atoms with Gasteiger partial charge in [-0.05, 0) is 19.4 Å². The third kappa shape index (κ3) is 1.43. The van der Waals surface area contributed by atoms with Crippen molar-refractivity contribution in [2.75, 3.05) is 18.8 Å². The molecule has 1 aromatic rings. The summed E-state index contributed by atoms with van der Waals surface area (Å²) in [5, 5.41) is 10.2. The number of nitrogen functional groups attached to an aromatic ring is 1. The Bertz CT molecular complexity index is 249. The van der Waals surface area contributed by atoms with Gasteiger partial charge in [-0.1, -0.05) is 0 Å². The summed E-state index contributed by atoms with van der Waals surface area (Å²) in [6.45, 7) is 2.18. The number of nitrogens with one attached hydrogen (secondary N) is 2. The molecule has 0 amide bonds. The lowest BCUT2D eigenvalue weighted by Gasteiger charge is -2.20. The molecule has 0 bridgehead atoms. The third-order valence-corrected chi connectivity index (χ3v) is 2.35. The van der Waals surface area contributed by atoms with Crippen molar-refractivity contribution in [2.24, 2.45) is 0 Å². The van der Waals surface area contributed by atoms with Crippen molar-refractivity contribution in [3.63, 3.8) is 0 Å². The van der Waals surface area contributed by atoms with E-state index in [0.29, 0.717) is 11.7 Å². The Balaban J connectivity index is 2.08. The molecule has 1 fully saturated rings. The Hall–Kier alpha value is -1.03. The van der Waals surface area contributed by atoms with E-state index < -0.39 is 0 Å². The van der Waals surface area contributed by atoms with E-state index in [2.05, 4.69) is 15.5 Å². The predicted molar refractivity (Wildman–Crippen MR) is 47.8 cm³/mol. The molecule has 4 heteroatoms. The van der Waals surface area contributed by atoms with Crippen LogP contribution in [0.2, 0.25) is 0 Å². The number of anilines is 1. The standard InChI is InChI=1S/C8H14N4/c9-8-4-7(11-12-8)6-2-1-3-10-5-6/h4,6,10H,1-3,5H2,(H3,9,11,12). The Morgan fingerprint density at radius 1 is 1.58 bits per heavy atom. The van der Waals surface area contributed by atoms with Crippen molar-refractivity contribution in [3.05, 3.63) is 11.8 Å². The third-order valence-electron chi connectivity index (χ3n) is 2.35. The van der Waals surface area contributed by atoms with Gasteiger partial charge in [0.2, 0.25) is 0 Å². The molecule has 0 saturated carbocycles. The number of nitrogens with two attached hydrogens (primary N) is 1. The van der Waals surface area contributed by atoms with Crippen LogP contribution in [0.15, 0.2) is 6.07 Å². The Morgan fingerprint density at radius 3 is 3.08 bits per heavy atom. The summed E-state index contributed by atoms with van der Waals surface area (Å²) >= 11 is 0. The summed E-state index contributed by atoms with van der Waals surface area (Å²) in [6.07, 6.45) is 2.47. The van der Waals surface area contributed by atoms with Crippen LogP contribution in [0.5, 0.6) is 0 Å². The second-order valence-electron chi connectivity index (χ2n) is 3.29. The quantitative estimate of drug-likeness (QED) is 0.567. The summed E-state index contributed by atoms with van der Waals surface area (Å²) in [4.78, 5) is 0. The van der Waals surface area contributed by atoms with Gasteiger partial charge in [0.25, 0.3) is 0 Å². The van der Waals surface area contributed by atoms with Gasteiger partial charge in [0, 0.05) is 24.2 Å². The van der Waals surface area contributed by atoms with Gasteiger partial charge in [0.05, 0.1) is 0 Å². The smallest absolute Gasteiger partial charge is 0.145 e. The minimum absolute atomic E-state index is 0.573. The van der Waals surface area contributed by atoms with Crippen molar-refractivity contribution in [1.29, 1.82) is 0 Å². The molecule has 0 aliphatic carbocycles. The van der Waals surface area contributed by atoms with E-state index in [1.54, 1.807) is 0 Å². The second kappa shape index (κ2) is 3.15. The molecule has 4 nitrogen and oxygen atoms in total. The van der Waals surface area contributed by atoms with E-state index >= 15 is 0 Å². The van der Waals surface area contributed by atoms with Gasteiger partial charge >= 0.3 is 0 Å². The van der Waals surface area contributed by atoms with Crippen molar-refractivity contribution >= 4 is 5.82 Å². The number of rotatable bonds is 1. The molecule has 1 atom stereocenters. The Labute approximate surface area is 71.5 Å². The molecule has 1 aliphatic heterocycles. The zero-order valence-electron chi connectivity index (χ0n) is 7.01. The zero-order chi connectivity index (χ0) is 8.39. The Morgan fingerprint density at radius 2 is 2.50 bits per heavy atom. The molecule has 1 aromatic heterocycles. The summed E-state index contributed by atoms with van der Waals surface area (Å²) in [6, 6.07) is 1.93. The number of hydrogen-bond donors (Lipinski definition) is 3. The van der Waals surface area contributed by atoms with Crippen LogP contribution >= 0.6 is 0 Å². The lowest BCUT2D eigenvalue weighted by Crippen LogP contribution is -2.28. The van der Waals surface area contributed by atoms with Crippen LogP contribution < -0.4 is 11.1 Å². The van der Waals surface area contributed by atoms with Gasteiger partial charge < -0.3 is 11.1 Å². The van der Waals surface area contributed by atoms with E-state index in [1.165, 1.54) is 18.5 Å². The zero-order valence-corrected chi connectivity index (χ0v) is 7.01. The molecule has 4 N–H and O–H groups in total. The van der Waals surface area contributed by atoms with Crippen LogP contribution in [0.1, 0.15) is 24.5 Å². The number of aromatic amines is 1. The van der Waals surface area contributed by atoms with Gasteiger partial charge in [-0.2, -0.15) is 5.10 Å². The molecule has 66 valence electrons. The maximum absolute atomic E-state index is 5.52. The van der Waals surface area contributed by atoms with Gasteiger partial charge in [-0.3, -0.25) is 5.10 Å². The van der Waals surface area contributed by atoms with Crippen LogP contribution in [0.3, 0.4) is 0 Å². The molecule has 0 spiro atoms. The molecule has 1 saturated heterocycles. The van der Waals surface area contributed by atoms with E-state index in [-0.39, 0.29) is 0 Å². The maximum atomic E-state index is 5.52.